The van der Waals surface area contributed by atoms with E-state index in [1.807, 2.05) is 36.7 Å². The van der Waals surface area contributed by atoms with Crippen molar-refractivity contribution in [3.05, 3.63) is 48.0 Å². The van der Waals surface area contributed by atoms with Gasteiger partial charge in [0.25, 0.3) is 0 Å². The van der Waals surface area contributed by atoms with Gasteiger partial charge in [-0.15, -0.1) is 10.2 Å². The molecule has 3 rings (SSSR count). The van der Waals surface area contributed by atoms with Gasteiger partial charge in [0, 0.05) is 6.04 Å². The average molecular weight is 242 g/mol. The summed E-state index contributed by atoms with van der Waals surface area (Å²) >= 11 is 0. The Kier molecular flexibility index (Phi) is 3.11. The molecule has 0 aliphatic heterocycles. The normalized spacial score (nSPS) is 18.1. The topological polar surface area (TPSA) is 56.7 Å². The SMILES string of the molecule is N[C@H](c1ccccc1)c1nncn1C1CCCC1. The zero-order valence-electron chi connectivity index (χ0n) is 10.4. The first kappa shape index (κ1) is 11.4. The van der Waals surface area contributed by atoms with Crippen molar-refractivity contribution in [1.29, 1.82) is 0 Å². The molecule has 2 N–H and O–H groups in total. The summed E-state index contributed by atoms with van der Waals surface area (Å²) in [4.78, 5) is 0. The molecule has 0 saturated heterocycles. The Labute approximate surface area is 107 Å². The van der Waals surface area contributed by atoms with Gasteiger partial charge in [-0.1, -0.05) is 43.2 Å². The molecule has 1 aliphatic rings. The van der Waals surface area contributed by atoms with E-state index >= 15 is 0 Å². The third kappa shape index (κ3) is 2.04. The monoisotopic (exact) mass is 242 g/mol. The molecule has 1 atom stereocenters. The number of nitrogens with two attached hydrogens (primary N) is 1. The van der Waals surface area contributed by atoms with Gasteiger partial charge in [-0.3, -0.25) is 0 Å². The van der Waals surface area contributed by atoms with Gasteiger partial charge in [0.15, 0.2) is 5.82 Å². The van der Waals surface area contributed by atoms with Gasteiger partial charge in [0.05, 0.1) is 6.04 Å². The van der Waals surface area contributed by atoms with Gasteiger partial charge in [0.1, 0.15) is 6.33 Å². The number of nitrogens with zero attached hydrogens (tertiary/aromatic N) is 3. The molecular weight excluding hydrogens is 224 g/mol. The molecule has 1 aromatic heterocycles. The van der Waals surface area contributed by atoms with Gasteiger partial charge < -0.3 is 10.3 Å². The summed E-state index contributed by atoms with van der Waals surface area (Å²) in [7, 11) is 0. The summed E-state index contributed by atoms with van der Waals surface area (Å²) in [5.41, 5.74) is 7.39. The van der Waals surface area contributed by atoms with Crippen molar-refractivity contribution in [2.45, 2.75) is 37.8 Å². The molecule has 2 aromatic rings. The van der Waals surface area contributed by atoms with Crippen molar-refractivity contribution in [3.63, 3.8) is 0 Å². The Morgan fingerprint density at radius 1 is 1.17 bits per heavy atom. The van der Waals surface area contributed by atoms with E-state index in [4.69, 9.17) is 5.73 Å². The zero-order chi connectivity index (χ0) is 12.4. The van der Waals surface area contributed by atoms with Gasteiger partial charge in [-0.05, 0) is 18.4 Å². The fourth-order valence-corrected chi connectivity index (χ4v) is 2.75. The summed E-state index contributed by atoms with van der Waals surface area (Å²) in [5, 5.41) is 8.27. The Hall–Kier alpha value is -1.68. The molecule has 0 radical (unpaired) electrons. The molecule has 0 unspecified atom stereocenters. The maximum Gasteiger partial charge on any atom is 0.154 e. The molecule has 1 fully saturated rings. The Bertz CT molecular complexity index is 500. The maximum atomic E-state index is 6.31. The van der Waals surface area contributed by atoms with Crippen LogP contribution in [0.5, 0.6) is 0 Å². The molecule has 1 saturated carbocycles. The number of benzene rings is 1. The molecule has 0 spiro atoms. The highest BCUT2D eigenvalue weighted by molar-refractivity contribution is 5.24. The first-order valence-corrected chi connectivity index (χ1v) is 6.56. The van der Waals surface area contributed by atoms with Crippen molar-refractivity contribution in [2.24, 2.45) is 5.73 Å². The van der Waals surface area contributed by atoms with Gasteiger partial charge in [-0.2, -0.15) is 0 Å². The number of aromatic nitrogens is 3. The standard InChI is InChI=1S/C14H18N4/c15-13(11-6-2-1-3-7-11)14-17-16-10-18(14)12-8-4-5-9-12/h1-3,6-7,10,12-13H,4-5,8-9,15H2/t13-/m1/s1. The van der Waals surface area contributed by atoms with Crippen LogP contribution in [0.4, 0.5) is 0 Å². The van der Waals surface area contributed by atoms with E-state index in [1.54, 1.807) is 0 Å². The van der Waals surface area contributed by atoms with Crippen LogP contribution in [0.2, 0.25) is 0 Å². The van der Waals surface area contributed by atoms with Gasteiger partial charge >= 0.3 is 0 Å². The first-order chi connectivity index (χ1) is 8.86. The van der Waals surface area contributed by atoms with Crippen LogP contribution in [0.1, 0.15) is 49.2 Å². The Morgan fingerprint density at radius 2 is 1.89 bits per heavy atom. The molecule has 1 aliphatic carbocycles. The molecule has 18 heavy (non-hydrogen) atoms. The second-order valence-electron chi connectivity index (χ2n) is 4.92. The minimum absolute atomic E-state index is 0.186. The van der Waals surface area contributed by atoms with Crippen molar-refractivity contribution in [3.8, 4) is 0 Å². The summed E-state index contributed by atoms with van der Waals surface area (Å²) in [6.07, 6.45) is 6.85. The highest BCUT2D eigenvalue weighted by Gasteiger charge is 2.23. The number of hydrogen-bond donors (Lipinski definition) is 1. The van der Waals surface area contributed by atoms with E-state index in [0.29, 0.717) is 6.04 Å². The summed E-state index contributed by atoms with van der Waals surface area (Å²) in [6.45, 7) is 0. The maximum absolute atomic E-state index is 6.31. The quantitative estimate of drug-likeness (QED) is 0.899. The van der Waals surface area contributed by atoms with Crippen LogP contribution < -0.4 is 5.73 Å². The first-order valence-electron chi connectivity index (χ1n) is 6.56. The van der Waals surface area contributed by atoms with Crippen LogP contribution in [0.25, 0.3) is 0 Å². The van der Waals surface area contributed by atoms with E-state index in [0.717, 1.165) is 11.4 Å². The van der Waals surface area contributed by atoms with Crippen molar-refractivity contribution in [2.75, 3.05) is 0 Å². The van der Waals surface area contributed by atoms with Gasteiger partial charge in [-0.25, -0.2) is 0 Å². The molecule has 4 nitrogen and oxygen atoms in total. The summed E-state index contributed by atoms with van der Waals surface area (Å²) in [6, 6.07) is 10.4. The molecule has 94 valence electrons. The molecule has 1 aromatic carbocycles. The lowest BCUT2D eigenvalue weighted by Gasteiger charge is -2.17. The minimum Gasteiger partial charge on any atom is -0.318 e. The summed E-state index contributed by atoms with van der Waals surface area (Å²) in [5.74, 6) is 0.883. The lowest BCUT2D eigenvalue weighted by Crippen LogP contribution is -2.19. The van der Waals surface area contributed by atoms with E-state index in [1.165, 1.54) is 25.7 Å². The summed E-state index contributed by atoms with van der Waals surface area (Å²) < 4.78 is 2.17. The molecule has 4 heteroatoms. The highest BCUT2D eigenvalue weighted by Crippen LogP contribution is 2.31. The van der Waals surface area contributed by atoms with Crippen molar-refractivity contribution < 1.29 is 0 Å². The zero-order valence-corrected chi connectivity index (χ0v) is 10.4. The molecule has 0 amide bonds. The smallest absolute Gasteiger partial charge is 0.154 e. The second kappa shape index (κ2) is 4.90. The number of rotatable bonds is 3. The second-order valence-corrected chi connectivity index (χ2v) is 4.92. The predicted octanol–water partition coefficient (Wildman–Crippen LogP) is 2.44. The Balaban J connectivity index is 1.90. The molecule has 0 bridgehead atoms. The molecule has 1 heterocycles. The lowest BCUT2D eigenvalue weighted by molar-refractivity contribution is 0.487. The fraction of sp³-hybridized carbons (Fsp3) is 0.429. The predicted molar refractivity (Wildman–Crippen MR) is 70.0 cm³/mol. The van der Waals surface area contributed by atoms with Crippen molar-refractivity contribution in [1.82, 2.24) is 14.8 Å². The van der Waals surface area contributed by atoms with Crippen LogP contribution >= 0.6 is 0 Å². The average Bonchev–Trinajstić information content (AvgIpc) is 3.09. The van der Waals surface area contributed by atoms with Crippen LogP contribution in [0, 0.1) is 0 Å². The van der Waals surface area contributed by atoms with Gasteiger partial charge in [0.2, 0.25) is 0 Å². The van der Waals surface area contributed by atoms with E-state index in [2.05, 4.69) is 14.8 Å². The third-order valence-corrected chi connectivity index (χ3v) is 3.76. The fourth-order valence-electron chi connectivity index (χ4n) is 2.75. The van der Waals surface area contributed by atoms with E-state index in [9.17, 15) is 0 Å². The number of hydrogen-bond acceptors (Lipinski definition) is 3. The van der Waals surface area contributed by atoms with Crippen LogP contribution in [0.3, 0.4) is 0 Å². The van der Waals surface area contributed by atoms with Crippen LogP contribution in [-0.4, -0.2) is 14.8 Å². The third-order valence-electron chi connectivity index (χ3n) is 3.76. The Morgan fingerprint density at radius 3 is 2.61 bits per heavy atom. The van der Waals surface area contributed by atoms with Crippen LogP contribution in [-0.2, 0) is 0 Å². The highest BCUT2D eigenvalue weighted by atomic mass is 15.3. The van der Waals surface area contributed by atoms with E-state index in [-0.39, 0.29) is 6.04 Å². The van der Waals surface area contributed by atoms with E-state index < -0.39 is 0 Å². The largest absolute Gasteiger partial charge is 0.318 e. The molecular formula is C14H18N4. The minimum atomic E-state index is -0.186. The van der Waals surface area contributed by atoms with Crippen molar-refractivity contribution >= 4 is 0 Å². The van der Waals surface area contributed by atoms with Crippen LogP contribution in [0.15, 0.2) is 36.7 Å². The lowest BCUT2D eigenvalue weighted by atomic mass is 10.1.